The Morgan fingerprint density at radius 2 is 1.71 bits per heavy atom. The van der Waals surface area contributed by atoms with E-state index in [4.69, 9.17) is 14.2 Å². The summed E-state index contributed by atoms with van der Waals surface area (Å²) >= 11 is 0. The van der Waals surface area contributed by atoms with Crippen molar-refractivity contribution in [2.45, 2.75) is 50.9 Å². The molecule has 212 valence electrons. The van der Waals surface area contributed by atoms with Crippen molar-refractivity contribution in [1.82, 2.24) is 19.6 Å². The molecular weight excluding hydrogens is 528 g/mol. The Bertz CT molecular complexity index is 1670. The molecule has 0 aliphatic carbocycles. The Hall–Kier alpha value is -4.62. The van der Waals surface area contributed by atoms with Gasteiger partial charge in [-0.05, 0) is 23.6 Å². The summed E-state index contributed by atoms with van der Waals surface area (Å²) in [5.41, 5.74) is 4.14. The fourth-order valence-electron chi connectivity index (χ4n) is 5.27. The lowest BCUT2D eigenvalue weighted by Gasteiger charge is -2.21. The van der Waals surface area contributed by atoms with E-state index in [1.807, 2.05) is 66.7 Å². The van der Waals surface area contributed by atoms with Gasteiger partial charge in [-0.3, -0.25) is 0 Å². The van der Waals surface area contributed by atoms with Crippen LogP contribution in [0, 0.1) is 18.3 Å². The summed E-state index contributed by atoms with van der Waals surface area (Å²) in [4.78, 5) is 9.02. The minimum absolute atomic E-state index is 0.271. The molecule has 1 N–H and O–H groups in total. The lowest BCUT2D eigenvalue weighted by molar-refractivity contribution is -0.0870. The molecule has 3 aromatic carbocycles. The number of fused-ring (bicyclic) bond motifs is 1. The number of hydrogen-bond donors (Lipinski definition) is 1. The van der Waals surface area contributed by atoms with E-state index in [1.54, 1.807) is 10.7 Å². The van der Waals surface area contributed by atoms with Crippen LogP contribution in [-0.2, 0) is 39.6 Å². The minimum atomic E-state index is -1.33. The fraction of sp³-hybridized carbons (Fsp3) is 0.273. The standard InChI is InChI=1S/C33H32N6O3/c1-24-9-8-14-27(15-24)17-35-31-32-36-18-30(39(32)38-23-37-31)33(22-34)16-28(41-20-26-12-6-3-7-13-26)29(42-33)21-40-19-25-10-4-2-5-11-25/h2-15,18,23,28-29H,16-17,19-21H2,1H3,(H,35,37,38)/t28-,29?,33?/m0/s1. The lowest BCUT2D eigenvalue weighted by atomic mass is 9.96. The number of nitriles is 1. The predicted molar refractivity (Wildman–Crippen MR) is 157 cm³/mol. The van der Waals surface area contributed by atoms with E-state index in [2.05, 4.69) is 51.6 Å². The number of anilines is 1. The molecule has 9 heteroatoms. The maximum Gasteiger partial charge on any atom is 0.200 e. The number of aromatic nitrogens is 4. The summed E-state index contributed by atoms with van der Waals surface area (Å²) in [6, 6.07) is 30.6. The Kier molecular flexibility index (Phi) is 8.19. The van der Waals surface area contributed by atoms with Crippen molar-refractivity contribution in [2.24, 2.45) is 0 Å². The molecule has 0 amide bonds. The molecule has 0 saturated carbocycles. The number of rotatable bonds is 11. The summed E-state index contributed by atoms with van der Waals surface area (Å²) in [5, 5.41) is 18.4. The Balaban J connectivity index is 1.24. The smallest absolute Gasteiger partial charge is 0.200 e. The lowest BCUT2D eigenvalue weighted by Crippen LogP contribution is -2.30. The highest BCUT2D eigenvalue weighted by Gasteiger charge is 2.51. The maximum absolute atomic E-state index is 10.5. The zero-order valence-corrected chi connectivity index (χ0v) is 23.4. The molecule has 0 radical (unpaired) electrons. The van der Waals surface area contributed by atoms with Crippen molar-refractivity contribution in [3.05, 3.63) is 125 Å². The van der Waals surface area contributed by atoms with Crippen LogP contribution < -0.4 is 5.32 Å². The first kappa shape index (κ1) is 27.5. The molecule has 5 aromatic rings. The third-order valence-corrected chi connectivity index (χ3v) is 7.40. The van der Waals surface area contributed by atoms with Gasteiger partial charge in [0.1, 0.15) is 24.2 Å². The van der Waals surface area contributed by atoms with Crippen LogP contribution in [-0.4, -0.2) is 38.4 Å². The summed E-state index contributed by atoms with van der Waals surface area (Å²) in [6.07, 6.45) is 2.56. The Morgan fingerprint density at radius 1 is 0.976 bits per heavy atom. The van der Waals surface area contributed by atoms with Crippen LogP contribution in [0.15, 0.2) is 97.5 Å². The van der Waals surface area contributed by atoms with E-state index < -0.39 is 11.7 Å². The highest BCUT2D eigenvalue weighted by Crippen LogP contribution is 2.41. The average Bonchev–Trinajstić information content (AvgIpc) is 3.63. The van der Waals surface area contributed by atoms with Crippen LogP contribution in [0.25, 0.3) is 5.65 Å². The van der Waals surface area contributed by atoms with Gasteiger partial charge in [-0.2, -0.15) is 10.4 Å². The van der Waals surface area contributed by atoms with E-state index in [0.29, 0.717) is 43.3 Å². The maximum atomic E-state index is 10.5. The van der Waals surface area contributed by atoms with Gasteiger partial charge in [-0.15, -0.1) is 0 Å². The second kappa shape index (κ2) is 12.5. The molecule has 1 saturated heterocycles. The van der Waals surface area contributed by atoms with Gasteiger partial charge in [0.25, 0.3) is 0 Å². The molecule has 9 nitrogen and oxygen atoms in total. The SMILES string of the molecule is Cc1cccc(CNc2ncnn3c(C4(C#N)C[C@H](OCc5ccccc5)C(COCc5ccccc5)O4)cnc23)c1. The number of hydrogen-bond acceptors (Lipinski definition) is 8. The molecule has 0 spiro atoms. The van der Waals surface area contributed by atoms with E-state index in [1.165, 1.54) is 11.9 Å². The molecule has 0 bridgehead atoms. The highest BCUT2D eigenvalue weighted by molar-refractivity contribution is 5.62. The van der Waals surface area contributed by atoms with Crippen LogP contribution in [0.5, 0.6) is 0 Å². The summed E-state index contributed by atoms with van der Waals surface area (Å²) in [6.45, 7) is 3.74. The quantitative estimate of drug-likeness (QED) is 0.230. The molecule has 2 unspecified atom stereocenters. The Labute approximate surface area is 244 Å². The van der Waals surface area contributed by atoms with Crippen LogP contribution in [0.4, 0.5) is 5.82 Å². The van der Waals surface area contributed by atoms with Crippen molar-refractivity contribution >= 4 is 11.5 Å². The van der Waals surface area contributed by atoms with Crippen LogP contribution >= 0.6 is 0 Å². The molecule has 3 atom stereocenters. The van der Waals surface area contributed by atoms with Gasteiger partial charge in [-0.1, -0.05) is 90.5 Å². The normalized spacial score (nSPS) is 20.0. The molecule has 6 rings (SSSR count). The zero-order chi connectivity index (χ0) is 28.8. The van der Waals surface area contributed by atoms with Gasteiger partial charge >= 0.3 is 0 Å². The molecule has 42 heavy (non-hydrogen) atoms. The third-order valence-electron chi connectivity index (χ3n) is 7.40. The van der Waals surface area contributed by atoms with Crippen molar-refractivity contribution in [2.75, 3.05) is 11.9 Å². The van der Waals surface area contributed by atoms with Crippen molar-refractivity contribution < 1.29 is 14.2 Å². The first-order valence-corrected chi connectivity index (χ1v) is 14.0. The summed E-state index contributed by atoms with van der Waals surface area (Å²) in [5.74, 6) is 0.573. The molecular formula is C33H32N6O3. The number of aryl methyl sites for hydroxylation is 1. The average molecular weight is 561 g/mol. The van der Waals surface area contributed by atoms with Crippen molar-refractivity contribution in [3.8, 4) is 6.07 Å². The second-order valence-electron chi connectivity index (χ2n) is 10.5. The number of imidazole rings is 1. The van der Waals surface area contributed by atoms with Crippen molar-refractivity contribution in [3.63, 3.8) is 0 Å². The van der Waals surface area contributed by atoms with Gasteiger partial charge in [-0.25, -0.2) is 14.5 Å². The molecule has 1 aliphatic heterocycles. The van der Waals surface area contributed by atoms with Crippen molar-refractivity contribution in [1.29, 1.82) is 5.26 Å². The zero-order valence-electron chi connectivity index (χ0n) is 23.4. The molecule has 1 aliphatic rings. The van der Waals surface area contributed by atoms with E-state index in [9.17, 15) is 5.26 Å². The van der Waals surface area contributed by atoms with Gasteiger partial charge in [0.2, 0.25) is 5.60 Å². The van der Waals surface area contributed by atoms with Crippen LogP contribution in [0.1, 0.15) is 34.4 Å². The number of benzene rings is 3. The molecule has 3 heterocycles. The first-order valence-electron chi connectivity index (χ1n) is 14.0. The second-order valence-corrected chi connectivity index (χ2v) is 10.5. The summed E-state index contributed by atoms with van der Waals surface area (Å²) < 4.78 is 20.6. The molecule has 1 fully saturated rings. The van der Waals surface area contributed by atoms with Gasteiger partial charge < -0.3 is 19.5 Å². The van der Waals surface area contributed by atoms with Gasteiger partial charge in [0.15, 0.2) is 11.5 Å². The summed E-state index contributed by atoms with van der Waals surface area (Å²) in [7, 11) is 0. The fourth-order valence-corrected chi connectivity index (χ4v) is 5.27. The monoisotopic (exact) mass is 560 g/mol. The highest BCUT2D eigenvalue weighted by atomic mass is 16.6. The number of ether oxygens (including phenoxy) is 3. The van der Waals surface area contributed by atoms with Gasteiger partial charge in [0.05, 0.1) is 32.1 Å². The third kappa shape index (κ3) is 6.02. The number of nitrogens with one attached hydrogen (secondary N) is 1. The molecule has 2 aromatic heterocycles. The van der Waals surface area contributed by atoms with Crippen LogP contribution in [0.2, 0.25) is 0 Å². The van der Waals surface area contributed by atoms with E-state index in [-0.39, 0.29) is 12.7 Å². The number of nitrogens with zero attached hydrogens (tertiary/aromatic N) is 5. The van der Waals surface area contributed by atoms with E-state index >= 15 is 0 Å². The van der Waals surface area contributed by atoms with E-state index in [0.717, 1.165) is 16.7 Å². The van der Waals surface area contributed by atoms with Crippen LogP contribution in [0.3, 0.4) is 0 Å². The Morgan fingerprint density at radius 3 is 2.45 bits per heavy atom. The minimum Gasteiger partial charge on any atom is -0.374 e. The largest absolute Gasteiger partial charge is 0.374 e. The topological polar surface area (TPSA) is 107 Å². The predicted octanol–water partition coefficient (Wildman–Crippen LogP) is 5.35. The van der Waals surface area contributed by atoms with Gasteiger partial charge in [0, 0.05) is 13.0 Å². The first-order chi connectivity index (χ1) is 20.6.